The molecule has 0 aromatic heterocycles. The van der Waals surface area contributed by atoms with Crippen LogP contribution in [0.5, 0.6) is 23.0 Å². The first-order valence-corrected chi connectivity index (χ1v) is 14.7. The fraction of sp³-hybridized carbons (Fsp3) is 0.394. The normalized spacial score (nSPS) is 23.4. The minimum atomic E-state index is -0.501. The van der Waals surface area contributed by atoms with Crippen molar-refractivity contribution in [3.05, 3.63) is 86.5 Å². The van der Waals surface area contributed by atoms with Crippen LogP contribution in [-0.2, 0) is 12.8 Å². The number of nitro benzene ring substituents is 1. The molecule has 12 heteroatoms. The van der Waals surface area contributed by atoms with Gasteiger partial charge in [0.1, 0.15) is 6.04 Å². The van der Waals surface area contributed by atoms with Crippen LogP contribution >= 0.6 is 0 Å². The Kier molecular flexibility index (Phi) is 7.99. The molecule has 1 amide bonds. The third-order valence-corrected chi connectivity index (χ3v) is 9.51. The van der Waals surface area contributed by atoms with Crippen LogP contribution in [0.4, 0.5) is 5.69 Å². The summed E-state index contributed by atoms with van der Waals surface area (Å²) in [5, 5.41) is 24.9. The van der Waals surface area contributed by atoms with Crippen LogP contribution in [0.15, 0.2) is 48.5 Å². The molecule has 6 rings (SSSR count). The predicted octanol–water partition coefficient (Wildman–Crippen LogP) is 3.83. The zero-order valence-electron chi connectivity index (χ0n) is 25.8. The van der Waals surface area contributed by atoms with Crippen LogP contribution in [0.25, 0.3) is 0 Å². The minimum Gasteiger partial charge on any atom is -0.493 e. The zero-order chi connectivity index (χ0) is 32.0. The number of rotatable bonds is 8. The summed E-state index contributed by atoms with van der Waals surface area (Å²) in [7, 11) is 8.50. The number of amides is 1. The molecule has 3 aliphatic rings. The second kappa shape index (κ2) is 11.9. The van der Waals surface area contributed by atoms with Crippen LogP contribution in [0.2, 0.25) is 0 Å². The van der Waals surface area contributed by atoms with Gasteiger partial charge >= 0.3 is 0 Å². The molecule has 0 radical (unpaired) electrons. The van der Waals surface area contributed by atoms with E-state index < -0.39 is 11.0 Å². The quantitative estimate of drug-likeness (QED) is 0.295. The Labute approximate surface area is 261 Å². The number of methoxy groups -OCH3 is 4. The van der Waals surface area contributed by atoms with Crippen LogP contribution in [0, 0.1) is 21.4 Å². The lowest BCUT2D eigenvalue weighted by Crippen LogP contribution is -2.68. The van der Waals surface area contributed by atoms with E-state index in [0.29, 0.717) is 41.4 Å². The summed E-state index contributed by atoms with van der Waals surface area (Å²) in [5.41, 5.74) is 4.45. The summed E-state index contributed by atoms with van der Waals surface area (Å²) >= 11 is 0. The molecule has 0 unspecified atom stereocenters. The topological polar surface area (TPSA) is 139 Å². The molecule has 3 aromatic rings. The fourth-order valence-electron chi connectivity index (χ4n) is 7.41. The number of hydrogen-bond donors (Lipinski definition) is 1. The summed E-state index contributed by atoms with van der Waals surface area (Å²) in [6, 6.07) is 15.0. The van der Waals surface area contributed by atoms with E-state index in [1.54, 1.807) is 28.4 Å². The number of benzene rings is 3. The number of hydrogen-bond acceptors (Lipinski definition) is 10. The Hall–Kier alpha value is -4.86. The molecule has 1 saturated heterocycles. The van der Waals surface area contributed by atoms with Gasteiger partial charge in [-0.1, -0.05) is 0 Å². The van der Waals surface area contributed by atoms with E-state index in [4.69, 9.17) is 18.9 Å². The highest BCUT2D eigenvalue weighted by Crippen LogP contribution is 2.52. The van der Waals surface area contributed by atoms with Gasteiger partial charge in [0, 0.05) is 36.3 Å². The van der Waals surface area contributed by atoms with E-state index in [9.17, 15) is 20.2 Å². The number of nitrogens with zero attached hydrogens (tertiary/aromatic N) is 4. The first-order valence-electron chi connectivity index (χ1n) is 14.7. The molecule has 0 aliphatic carbocycles. The second-order valence-electron chi connectivity index (χ2n) is 11.5. The molecule has 3 aliphatic heterocycles. The van der Waals surface area contributed by atoms with Crippen LogP contribution in [0.1, 0.15) is 44.7 Å². The van der Waals surface area contributed by atoms with Gasteiger partial charge in [-0.3, -0.25) is 24.7 Å². The van der Waals surface area contributed by atoms with Gasteiger partial charge in [0.25, 0.3) is 11.6 Å². The SMILES string of the molecule is COc1cc2c(cc1OC)[C@@H]1[C@@H]3Cc4cc(OC)c(OC)cc4[C@H](CNC(=O)c4ccc([N+](=O)[O-])cc4)N3[C@@H](C#N)[C@H](C2)N1C. The number of carbonyl (C=O) groups is 1. The van der Waals surface area contributed by atoms with Crippen molar-refractivity contribution >= 4 is 11.6 Å². The highest BCUT2D eigenvalue weighted by Gasteiger charge is 2.54. The van der Waals surface area contributed by atoms with Crippen molar-refractivity contribution in [1.82, 2.24) is 15.1 Å². The van der Waals surface area contributed by atoms with E-state index in [0.717, 1.165) is 22.3 Å². The number of nitro groups is 1. The Morgan fingerprint density at radius 1 is 0.911 bits per heavy atom. The summed E-state index contributed by atoms with van der Waals surface area (Å²) in [6.45, 7) is 0.203. The number of ether oxygens (including phenoxy) is 4. The van der Waals surface area contributed by atoms with Crippen molar-refractivity contribution in [3.8, 4) is 29.1 Å². The first-order chi connectivity index (χ1) is 21.7. The molecule has 12 nitrogen and oxygen atoms in total. The molecular weight excluding hydrogens is 578 g/mol. The van der Waals surface area contributed by atoms with Crippen LogP contribution < -0.4 is 24.3 Å². The molecular formula is C33H35N5O7. The van der Waals surface area contributed by atoms with Gasteiger partial charge in [0.05, 0.1) is 51.5 Å². The van der Waals surface area contributed by atoms with Crippen molar-refractivity contribution in [2.24, 2.45) is 0 Å². The minimum absolute atomic E-state index is 0.0720. The van der Waals surface area contributed by atoms with E-state index in [-0.39, 0.29) is 42.3 Å². The molecule has 1 fully saturated rings. The lowest BCUT2D eigenvalue weighted by atomic mass is 9.72. The maximum Gasteiger partial charge on any atom is 0.269 e. The smallest absolute Gasteiger partial charge is 0.269 e. The van der Waals surface area contributed by atoms with Crippen molar-refractivity contribution in [1.29, 1.82) is 5.26 Å². The van der Waals surface area contributed by atoms with Crippen LogP contribution in [-0.4, -0.2) is 80.8 Å². The highest BCUT2D eigenvalue weighted by molar-refractivity contribution is 5.94. The van der Waals surface area contributed by atoms with Crippen molar-refractivity contribution in [2.45, 2.75) is 43.1 Å². The number of non-ortho nitro benzene ring substituents is 1. The van der Waals surface area contributed by atoms with Crippen LogP contribution in [0.3, 0.4) is 0 Å². The van der Waals surface area contributed by atoms with Crippen molar-refractivity contribution < 1.29 is 28.7 Å². The molecule has 3 heterocycles. The first kappa shape index (κ1) is 30.2. The summed E-state index contributed by atoms with van der Waals surface area (Å²) in [5.74, 6) is 2.10. The summed E-state index contributed by atoms with van der Waals surface area (Å²) < 4.78 is 22.6. The maximum absolute atomic E-state index is 13.3. The molecule has 5 atom stereocenters. The van der Waals surface area contributed by atoms with Crippen molar-refractivity contribution in [2.75, 3.05) is 42.0 Å². The summed E-state index contributed by atoms with van der Waals surface area (Å²) in [4.78, 5) is 28.5. The van der Waals surface area contributed by atoms with E-state index in [1.807, 2.05) is 24.3 Å². The number of piperazine rings is 1. The number of fused-ring (bicyclic) bond motifs is 7. The number of nitrogens with one attached hydrogen (secondary N) is 1. The van der Waals surface area contributed by atoms with Gasteiger partial charge < -0.3 is 24.3 Å². The molecule has 3 aromatic carbocycles. The van der Waals surface area contributed by atoms with E-state index >= 15 is 0 Å². The van der Waals surface area contributed by atoms with E-state index in [2.05, 4.69) is 28.2 Å². The molecule has 1 N–H and O–H groups in total. The van der Waals surface area contributed by atoms with Gasteiger partial charge in [0.2, 0.25) is 0 Å². The zero-order valence-corrected chi connectivity index (χ0v) is 25.8. The lowest BCUT2D eigenvalue weighted by Gasteiger charge is -2.60. The lowest BCUT2D eigenvalue weighted by molar-refractivity contribution is -0.384. The highest BCUT2D eigenvalue weighted by atomic mass is 16.6. The van der Waals surface area contributed by atoms with Crippen molar-refractivity contribution in [3.63, 3.8) is 0 Å². The Morgan fingerprint density at radius 2 is 1.44 bits per heavy atom. The third-order valence-electron chi connectivity index (χ3n) is 9.51. The number of carbonyl (C=O) groups excluding carboxylic acids is 1. The van der Waals surface area contributed by atoms with Gasteiger partial charge in [0.15, 0.2) is 23.0 Å². The predicted molar refractivity (Wildman–Crippen MR) is 164 cm³/mol. The standard InChI is InChI=1S/C33H35N5O7/c1-36-24-10-20-13-29(43-3)31(45-5)15-23(20)32(36)25-11-19-12-28(42-2)30(44-4)14-22(19)27(37(25)26(24)16-34)17-35-33(39)18-6-8-21(9-7-18)38(40)41/h6-9,12-15,24-27,32H,10-11,17H2,1-5H3,(H,35,39)/t24-,25-,26-,27-,32+/m0/s1. The third kappa shape index (κ3) is 4.98. The fourth-order valence-corrected chi connectivity index (χ4v) is 7.41. The molecule has 0 saturated carbocycles. The van der Waals surface area contributed by atoms with Gasteiger partial charge in [-0.2, -0.15) is 5.26 Å². The largest absolute Gasteiger partial charge is 0.493 e. The Balaban J connectivity index is 1.44. The molecule has 234 valence electrons. The molecule has 0 spiro atoms. The Morgan fingerprint density at radius 3 is 2.00 bits per heavy atom. The monoisotopic (exact) mass is 613 g/mol. The Bertz CT molecular complexity index is 1690. The molecule has 2 bridgehead atoms. The van der Waals surface area contributed by atoms with Gasteiger partial charge in [-0.15, -0.1) is 0 Å². The average molecular weight is 614 g/mol. The number of nitriles is 1. The number of likely N-dealkylation sites (N-methyl/N-ethyl adjacent to an activating group) is 1. The van der Waals surface area contributed by atoms with Gasteiger partial charge in [-0.05, 0) is 78.5 Å². The summed E-state index contributed by atoms with van der Waals surface area (Å²) in [6.07, 6.45) is 1.28. The molecule has 45 heavy (non-hydrogen) atoms. The average Bonchev–Trinajstić information content (AvgIpc) is 3.05. The second-order valence-corrected chi connectivity index (χ2v) is 11.5. The van der Waals surface area contributed by atoms with E-state index in [1.165, 1.54) is 24.3 Å². The maximum atomic E-state index is 13.3. The van der Waals surface area contributed by atoms with Gasteiger partial charge in [-0.25, -0.2) is 0 Å².